The zero-order valence-electron chi connectivity index (χ0n) is 34.3. The Labute approximate surface area is 324 Å². The molecule has 0 atom stereocenters. The summed E-state index contributed by atoms with van der Waals surface area (Å²) in [4.78, 5) is 115. The maximum absolute atomic E-state index is 12.9. The van der Waals surface area contributed by atoms with Crippen molar-refractivity contribution in [1.82, 2.24) is 30.1 Å². The molecule has 0 aromatic carbocycles. The van der Waals surface area contributed by atoms with Crippen LogP contribution in [0.4, 0.5) is 28.8 Å². The van der Waals surface area contributed by atoms with Gasteiger partial charge in [0, 0.05) is 13.8 Å². The van der Waals surface area contributed by atoms with Crippen LogP contribution in [0.1, 0.15) is 96.9 Å². The molecular formula is C33H51N9O14. The number of rotatable bonds is 5. The van der Waals surface area contributed by atoms with Crippen LogP contribution in [0.2, 0.25) is 0 Å². The van der Waals surface area contributed by atoms with Crippen LogP contribution in [0.15, 0.2) is 15.4 Å². The Bertz CT molecular complexity index is 1660. The average molecular weight is 798 g/mol. The summed E-state index contributed by atoms with van der Waals surface area (Å²) in [5.41, 5.74) is -3.95. The van der Waals surface area contributed by atoms with Crippen molar-refractivity contribution in [2.75, 3.05) is 20.2 Å². The summed E-state index contributed by atoms with van der Waals surface area (Å²) < 4.78 is 20.5. The van der Waals surface area contributed by atoms with Crippen LogP contribution >= 0.6 is 0 Å². The summed E-state index contributed by atoms with van der Waals surface area (Å²) in [6.07, 6.45) is -3.06. The zero-order valence-corrected chi connectivity index (χ0v) is 34.3. The monoisotopic (exact) mass is 797 g/mol. The normalized spacial score (nSPS) is 15.1. The predicted molar refractivity (Wildman–Crippen MR) is 194 cm³/mol. The molecule has 23 nitrogen and oxygen atoms in total. The smallest absolute Gasteiger partial charge is 0.439 e. The Morgan fingerprint density at radius 3 is 1.21 bits per heavy atom. The van der Waals surface area contributed by atoms with Crippen molar-refractivity contribution in [3.05, 3.63) is 0 Å². The van der Waals surface area contributed by atoms with Gasteiger partial charge in [-0.1, -0.05) is 5.16 Å². The van der Waals surface area contributed by atoms with Crippen LogP contribution in [-0.4, -0.2) is 145 Å². The van der Waals surface area contributed by atoms with Crippen molar-refractivity contribution in [2.24, 2.45) is 15.4 Å². The number of urea groups is 2. The van der Waals surface area contributed by atoms with Crippen molar-refractivity contribution in [1.29, 1.82) is 0 Å². The van der Waals surface area contributed by atoms with Gasteiger partial charge >= 0.3 is 36.4 Å². The lowest BCUT2D eigenvalue weighted by Gasteiger charge is -2.37. The lowest BCUT2D eigenvalue weighted by Crippen LogP contribution is -2.61. The lowest BCUT2D eigenvalue weighted by atomic mass is 10.2. The van der Waals surface area contributed by atoms with Crippen LogP contribution in [0.5, 0.6) is 0 Å². The molecule has 0 unspecified atom stereocenters. The van der Waals surface area contributed by atoms with E-state index in [2.05, 4.69) is 20.2 Å². The number of aldehydes is 1. The summed E-state index contributed by atoms with van der Waals surface area (Å²) in [6.45, 7) is 20.3. The first-order valence-corrected chi connectivity index (χ1v) is 16.8. The second-order valence-electron chi connectivity index (χ2n) is 15.6. The molecule has 23 heteroatoms. The molecule has 2 aliphatic rings. The van der Waals surface area contributed by atoms with Gasteiger partial charge in [-0.25, -0.2) is 38.8 Å². The maximum Gasteiger partial charge on any atom is 0.439 e. The molecule has 0 fully saturated rings. The highest BCUT2D eigenvalue weighted by atomic mass is 16.6. The highest BCUT2D eigenvalue weighted by molar-refractivity contribution is 6.33. The van der Waals surface area contributed by atoms with Crippen molar-refractivity contribution >= 4 is 72.2 Å². The molecule has 56 heavy (non-hydrogen) atoms. The van der Waals surface area contributed by atoms with Crippen molar-refractivity contribution in [3.63, 3.8) is 0 Å². The van der Waals surface area contributed by atoms with E-state index in [1.165, 1.54) is 7.11 Å². The van der Waals surface area contributed by atoms with Gasteiger partial charge in [-0.05, 0) is 83.1 Å². The quantitative estimate of drug-likeness (QED) is 0.163. The number of ether oxygens (including phenoxy) is 4. The van der Waals surface area contributed by atoms with E-state index < -0.39 is 77.2 Å². The van der Waals surface area contributed by atoms with Gasteiger partial charge in [-0.3, -0.25) is 14.4 Å². The number of hydrazine groups is 2. The van der Waals surface area contributed by atoms with Gasteiger partial charge in [0.15, 0.2) is 6.29 Å². The summed E-state index contributed by atoms with van der Waals surface area (Å²) in [6, 6.07) is -2.22. The topological polar surface area (TPSA) is 256 Å². The fourth-order valence-electron chi connectivity index (χ4n) is 3.87. The Balaban J connectivity index is 0.000000561. The van der Waals surface area contributed by atoms with Gasteiger partial charge in [0.25, 0.3) is 0 Å². The second kappa shape index (κ2) is 18.4. The van der Waals surface area contributed by atoms with E-state index in [-0.39, 0.29) is 23.0 Å². The number of hydrogen-bond acceptors (Lipinski definition) is 17. The predicted octanol–water partition coefficient (Wildman–Crippen LogP) is 4.26. The summed E-state index contributed by atoms with van der Waals surface area (Å²) >= 11 is 0. The molecule has 2 rings (SSSR count). The first-order chi connectivity index (χ1) is 25.3. The molecule has 10 amide bonds. The van der Waals surface area contributed by atoms with Crippen LogP contribution in [-0.2, 0) is 38.2 Å². The van der Waals surface area contributed by atoms with E-state index in [1.807, 2.05) is 0 Å². The standard InChI is InChI=1S/C17H27N5O7.C16H24N4O7/c1-11(23)22(15(26)29-17(5,6)7)20-10-12(9-18-27-8)19-21(13(20)24)14(25)28-16(2,3)4;1-10(22)20(14(25)27-16(5,6)7)18-8-11(9-21)17-19(12(18)23)13(24)26-15(2,3)4/h9H,10H2,1-8H3;9H,8H2,1-7H3/b18-9+;. The van der Waals surface area contributed by atoms with Crippen LogP contribution in [0.3, 0.4) is 0 Å². The third kappa shape index (κ3) is 14.9. The fraction of sp³-hybridized carbons (Fsp3) is 0.636. The molecule has 0 aromatic heterocycles. The molecule has 0 aliphatic carbocycles. The number of nitrogens with zero attached hydrogens (tertiary/aromatic N) is 9. The molecule has 0 bridgehead atoms. The molecule has 0 radical (unpaired) electrons. The molecule has 312 valence electrons. The van der Waals surface area contributed by atoms with Crippen molar-refractivity contribution in [3.8, 4) is 0 Å². The summed E-state index contributed by atoms with van der Waals surface area (Å²) in [7, 11) is 1.29. The van der Waals surface area contributed by atoms with E-state index in [9.17, 15) is 43.2 Å². The van der Waals surface area contributed by atoms with E-state index in [0.29, 0.717) is 31.3 Å². The molecule has 0 aromatic rings. The molecule has 0 spiro atoms. The average Bonchev–Trinajstić information content (AvgIpc) is 2.98. The number of amides is 10. The molecule has 2 heterocycles. The van der Waals surface area contributed by atoms with Crippen LogP contribution in [0.25, 0.3) is 0 Å². The van der Waals surface area contributed by atoms with E-state index in [4.69, 9.17) is 18.9 Å². The third-order valence-electron chi connectivity index (χ3n) is 5.67. The molecule has 0 N–H and O–H groups in total. The van der Waals surface area contributed by atoms with Gasteiger partial charge in [0.2, 0.25) is 11.8 Å². The minimum atomic E-state index is -1.16. The van der Waals surface area contributed by atoms with Crippen molar-refractivity contribution < 1.29 is 66.9 Å². The number of hydrazone groups is 2. The third-order valence-corrected chi connectivity index (χ3v) is 5.67. The number of hydrogen-bond donors (Lipinski definition) is 0. The minimum Gasteiger partial charge on any atom is -0.442 e. The highest BCUT2D eigenvalue weighted by Gasteiger charge is 2.44. The number of imide groups is 4. The summed E-state index contributed by atoms with van der Waals surface area (Å²) in [5.74, 6) is -1.66. The van der Waals surface area contributed by atoms with Gasteiger partial charge < -0.3 is 23.8 Å². The van der Waals surface area contributed by atoms with Gasteiger partial charge in [0.05, 0.1) is 19.3 Å². The fourth-order valence-corrected chi connectivity index (χ4v) is 3.87. The number of oxime groups is 1. The Morgan fingerprint density at radius 2 is 0.929 bits per heavy atom. The number of carbonyl (C=O) groups excluding carboxylic acids is 9. The minimum absolute atomic E-state index is 0.0483. The largest absolute Gasteiger partial charge is 0.442 e. The molecule has 0 saturated heterocycles. The van der Waals surface area contributed by atoms with Gasteiger partial charge in [0.1, 0.15) is 40.9 Å². The Kier molecular flexibility index (Phi) is 15.8. The first kappa shape index (κ1) is 47.9. The van der Waals surface area contributed by atoms with Crippen molar-refractivity contribution in [2.45, 2.75) is 119 Å². The van der Waals surface area contributed by atoms with E-state index >= 15 is 0 Å². The van der Waals surface area contributed by atoms with Crippen LogP contribution < -0.4 is 0 Å². The molecule has 2 aliphatic heterocycles. The maximum atomic E-state index is 12.9. The molecular weight excluding hydrogens is 746 g/mol. The van der Waals surface area contributed by atoms with Gasteiger partial charge in [-0.2, -0.15) is 10.2 Å². The van der Waals surface area contributed by atoms with E-state index in [1.54, 1.807) is 83.1 Å². The lowest BCUT2D eigenvalue weighted by molar-refractivity contribution is -0.141. The summed E-state index contributed by atoms with van der Waals surface area (Å²) in [5, 5.41) is 13.9. The second-order valence-corrected chi connectivity index (χ2v) is 15.6. The van der Waals surface area contributed by atoms with Crippen LogP contribution in [0, 0.1) is 0 Å². The number of carbonyl (C=O) groups is 9. The van der Waals surface area contributed by atoms with Gasteiger partial charge in [-0.15, -0.1) is 20.0 Å². The molecule has 0 saturated carbocycles. The highest BCUT2D eigenvalue weighted by Crippen LogP contribution is 2.21. The first-order valence-electron chi connectivity index (χ1n) is 16.8. The zero-order chi connectivity index (χ0) is 43.7. The SMILES string of the molecule is CC(=O)N(C(=O)OC(C)(C)C)N1CC(C=O)=NN(C(=O)OC(C)(C)C)C1=O.CO/N=C/C1=NN(C(=O)OC(C)(C)C)C(=O)N(N(C(C)=O)C(=O)OC(C)(C)C)C1. The Morgan fingerprint density at radius 1 is 0.607 bits per heavy atom. The van der Waals surface area contributed by atoms with E-state index in [0.717, 1.165) is 20.1 Å². The Hall–Kier alpha value is -6.16.